The molecule has 11 nitrogen and oxygen atoms in total. The molecule has 1 aliphatic heterocycles. The molecular formula is C18H18N8O3. The van der Waals surface area contributed by atoms with E-state index in [4.69, 9.17) is 30.9 Å². The Labute approximate surface area is 166 Å². The van der Waals surface area contributed by atoms with Crippen LogP contribution in [0.5, 0.6) is 17.2 Å². The van der Waals surface area contributed by atoms with Crippen molar-refractivity contribution in [2.75, 3.05) is 38.1 Å². The van der Waals surface area contributed by atoms with Crippen molar-refractivity contribution >= 4 is 23.3 Å². The van der Waals surface area contributed by atoms with E-state index in [2.05, 4.69) is 20.6 Å². The normalized spacial score (nSPS) is 14.4. The van der Waals surface area contributed by atoms with Crippen LogP contribution < -0.4 is 36.3 Å². The Morgan fingerprint density at radius 3 is 2.41 bits per heavy atom. The Morgan fingerprint density at radius 2 is 1.83 bits per heavy atom. The van der Waals surface area contributed by atoms with Gasteiger partial charge in [-0.1, -0.05) is 0 Å². The Balaban J connectivity index is 2.33. The number of benzene rings is 1. The minimum Gasteiger partial charge on any atom is -0.493 e. The van der Waals surface area contributed by atoms with Gasteiger partial charge in [-0.25, -0.2) is 9.98 Å². The lowest BCUT2D eigenvalue weighted by molar-refractivity contribution is 0.321. The Kier molecular flexibility index (Phi) is 5.15. The van der Waals surface area contributed by atoms with E-state index in [-0.39, 0.29) is 28.8 Å². The van der Waals surface area contributed by atoms with E-state index in [1.807, 2.05) is 6.07 Å². The average molecular weight is 394 g/mol. The highest BCUT2D eigenvalue weighted by Crippen LogP contribution is 2.48. The number of nitrogen functional groups attached to an aromatic ring is 2. The van der Waals surface area contributed by atoms with E-state index in [0.717, 1.165) is 0 Å². The van der Waals surface area contributed by atoms with Gasteiger partial charge in [0.05, 0.1) is 27.0 Å². The summed E-state index contributed by atoms with van der Waals surface area (Å²) in [5, 5.41) is 23.7. The maximum atomic E-state index is 9.42. The number of ether oxygens (including phenoxy) is 3. The molecule has 1 unspecified atom stereocenters. The minimum absolute atomic E-state index is 0.0347. The predicted molar refractivity (Wildman–Crippen MR) is 106 cm³/mol. The number of hydrogen-bond donors (Lipinski definition) is 4. The molecule has 0 saturated heterocycles. The minimum atomic E-state index is -0.767. The summed E-state index contributed by atoms with van der Waals surface area (Å²) >= 11 is 0. The molecule has 0 fully saturated rings. The molecule has 11 heteroatoms. The maximum absolute atomic E-state index is 9.42. The number of nitrogens with zero attached hydrogens (tertiary/aromatic N) is 4. The van der Waals surface area contributed by atoms with Gasteiger partial charge in [-0.05, 0) is 12.1 Å². The van der Waals surface area contributed by atoms with Crippen LogP contribution in [0.25, 0.3) is 0 Å². The topological polar surface area (TPSA) is 177 Å². The van der Waals surface area contributed by atoms with Crippen molar-refractivity contribution in [1.82, 2.24) is 10.3 Å². The van der Waals surface area contributed by atoms with Crippen LogP contribution >= 0.6 is 0 Å². The van der Waals surface area contributed by atoms with Crippen LogP contribution in [0.4, 0.5) is 17.3 Å². The molecule has 29 heavy (non-hydrogen) atoms. The fraction of sp³-hybridized carbons (Fsp3) is 0.222. The highest BCUT2D eigenvalue weighted by Gasteiger charge is 2.33. The first-order valence-corrected chi connectivity index (χ1v) is 8.28. The Bertz CT molecular complexity index is 1080. The van der Waals surface area contributed by atoms with Crippen molar-refractivity contribution in [2.24, 2.45) is 4.99 Å². The van der Waals surface area contributed by atoms with Crippen molar-refractivity contribution in [3.8, 4) is 29.5 Å². The van der Waals surface area contributed by atoms with Crippen LogP contribution in [0, 0.1) is 22.8 Å². The van der Waals surface area contributed by atoms with Crippen molar-refractivity contribution in [2.45, 2.75) is 6.04 Å². The zero-order chi connectivity index (χ0) is 21.1. The number of methoxy groups -OCH3 is 3. The largest absolute Gasteiger partial charge is 0.493 e. The first kappa shape index (κ1) is 19.4. The fourth-order valence-electron chi connectivity index (χ4n) is 3.15. The molecule has 1 aromatic carbocycles. The zero-order valence-electron chi connectivity index (χ0n) is 15.9. The molecule has 0 bridgehead atoms. The average Bonchev–Trinajstić information content (AvgIpc) is 2.72. The third-order valence-electron chi connectivity index (χ3n) is 4.39. The molecule has 3 rings (SSSR count). The van der Waals surface area contributed by atoms with Gasteiger partial charge in [-0.15, -0.1) is 0 Å². The number of anilines is 3. The summed E-state index contributed by atoms with van der Waals surface area (Å²) in [7, 11) is 4.47. The number of aliphatic imine (C=N–C) groups is 1. The highest BCUT2D eigenvalue weighted by molar-refractivity contribution is 5.98. The van der Waals surface area contributed by atoms with Crippen LogP contribution in [0.2, 0.25) is 0 Å². The summed E-state index contributed by atoms with van der Waals surface area (Å²) in [5.41, 5.74) is 13.3. The summed E-state index contributed by atoms with van der Waals surface area (Å²) in [4.78, 5) is 8.74. The van der Waals surface area contributed by atoms with Crippen LogP contribution in [-0.2, 0) is 0 Å². The second-order valence-corrected chi connectivity index (χ2v) is 5.83. The highest BCUT2D eigenvalue weighted by atomic mass is 16.5. The van der Waals surface area contributed by atoms with E-state index < -0.39 is 6.04 Å². The third-order valence-corrected chi connectivity index (χ3v) is 4.39. The number of nitrogens with two attached hydrogens (primary N) is 2. The summed E-state index contributed by atoms with van der Waals surface area (Å²) < 4.78 is 16.3. The third kappa shape index (κ3) is 3.11. The SMILES string of the molecule is COc1ccc(C2N=C(NC#N)Nc3nc(N)c(C#N)c(N)c32)c(OC)c1OC. The van der Waals surface area contributed by atoms with Gasteiger partial charge in [-0.3, -0.25) is 5.32 Å². The number of pyridine rings is 1. The molecule has 148 valence electrons. The number of nitrogens with one attached hydrogen (secondary N) is 2. The molecule has 1 atom stereocenters. The lowest BCUT2D eigenvalue weighted by Crippen LogP contribution is -2.32. The standard InChI is InChI=1S/C18H18N8O3/c1-27-10-5-4-8(14(28-2)15(10)29-3)13-11-12(21)9(6-19)16(22)25-17(11)26-18(24-13)23-7-20/h4-5,13H,1-3H3,(H6,21,22,23,24,25,26). The fourth-order valence-corrected chi connectivity index (χ4v) is 3.15. The van der Waals surface area contributed by atoms with Gasteiger partial charge in [0.25, 0.3) is 0 Å². The van der Waals surface area contributed by atoms with Gasteiger partial charge >= 0.3 is 0 Å². The molecule has 0 radical (unpaired) electrons. The first-order chi connectivity index (χ1) is 14.0. The van der Waals surface area contributed by atoms with Gasteiger partial charge < -0.3 is 31.0 Å². The molecule has 0 amide bonds. The zero-order valence-corrected chi connectivity index (χ0v) is 15.9. The smallest absolute Gasteiger partial charge is 0.211 e. The van der Waals surface area contributed by atoms with E-state index in [9.17, 15) is 5.26 Å². The van der Waals surface area contributed by atoms with Gasteiger partial charge in [0.2, 0.25) is 11.7 Å². The predicted octanol–water partition coefficient (Wildman–Crippen LogP) is 1.09. The van der Waals surface area contributed by atoms with E-state index in [1.165, 1.54) is 21.3 Å². The number of fused-ring (bicyclic) bond motifs is 1. The lowest BCUT2D eigenvalue weighted by atomic mass is 9.94. The van der Waals surface area contributed by atoms with Crippen molar-refractivity contribution in [3.63, 3.8) is 0 Å². The van der Waals surface area contributed by atoms with E-state index >= 15 is 0 Å². The van der Waals surface area contributed by atoms with E-state index in [1.54, 1.807) is 18.3 Å². The summed E-state index contributed by atoms with van der Waals surface area (Å²) in [6.07, 6.45) is 1.80. The molecule has 1 aliphatic rings. The molecule has 2 heterocycles. The van der Waals surface area contributed by atoms with Gasteiger partial charge in [-0.2, -0.15) is 10.5 Å². The van der Waals surface area contributed by atoms with Crippen molar-refractivity contribution in [1.29, 1.82) is 10.5 Å². The van der Waals surface area contributed by atoms with Gasteiger partial charge in [0.15, 0.2) is 17.7 Å². The van der Waals surface area contributed by atoms with Crippen LogP contribution in [0.15, 0.2) is 17.1 Å². The maximum Gasteiger partial charge on any atom is 0.211 e. The number of nitriles is 2. The summed E-state index contributed by atoms with van der Waals surface area (Å²) in [6, 6.07) is 4.62. The van der Waals surface area contributed by atoms with Crippen molar-refractivity contribution < 1.29 is 14.2 Å². The molecule has 0 saturated carbocycles. The number of guanidine groups is 1. The number of hydrogen-bond acceptors (Lipinski definition) is 11. The lowest BCUT2D eigenvalue weighted by Gasteiger charge is -2.27. The molecule has 6 N–H and O–H groups in total. The second-order valence-electron chi connectivity index (χ2n) is 5.83. The molecule has 0 aliphatic carbocycles. The molecule has 0 spiro atoms. The summed E-state index contributed by atoms with van der Waals surface area (Å²) in [6.45, 7) is 0. The monoisotopic (exact) mass is 394 g/mol. The van der Waals surface area contributed by atoms with Gasteiger partial charge in [0, 0.05) is 11.1 Å². The first-order valence-electron chi connectivity index (χ1n) is 8.28. The van der Waals surface area contributed by atoms with Gasteiger partial charge in [0.1, 0.15) is 29.3 Å². The number of aromatic nitrogens is 1. The molecule has 1 aromatic heterocycles. The van der Waals surface area contributed by atoms with Crippen molar-refractivity contribution in [3.05, 3.63) is 28.8 Å². The molecular weight excluding hydrogens is 376 g/mol. The molecule has 2 aromatic rings. The second kappa shape index (κ2) is 7.70. The van der Waals surface area contributed by atoms with Crippen LogP contribution in [0.3, 0.4) is 0 Å². The Hall–Kier alpha value is -4.38. The Morgan fingerprint density at radius 1 is 1.10 bits per heavy atom. The number of rotatable bonds is 4. The van der Waals surface area contributed by atoms with E-state index in [0.29, 0.717) is 28.4 Å². The summed E-state index contributed by atoms with van der Waals surface area (Å²) in [5.74, 6) is 1.56. The van der Waals surface area contributed by atoms with Crippen LogP contribution in [-0.4, -0.2) is 32.3 Å². The quantitative estimate of drug-likeness (QED) is 0.433. The van der Waals surface area contributed by atoms with Crippen LogP contribution in [0.1, 0.15) is 22.7 Å².